The van der Waals surface area contributed by atoms with Gasteiger partial charge in [-0.3, -0.25) is 0 Å². The highest BCUT2D eigenvalue weighted by Gasteiger charge is 2.58. The number of hydrogen-bond donors (Lipinski definition) is 2. The molecule has 0 heterocycles. The topological polar surface area (TPSA) is 40.5 Å². The molecule has 2 nitrogen and oxygen atoms in total. The van der Waals surface area contributed by atoms with Gasteiger partial charge in [0, 0.05) is 0 Å². The molecule has 2 bridgehead atoms. The van der Waals surface area contributed by atoms with E-state index in [9.17, 15) is 10.2 Å². The van der Waals surface area contributed by atoms with Crippen LogP contribution in [0.15, 0.2) is 0 Å². The molecule has 0 aliphatic heterocycles. The molecule has 2 aliphatic rings. The molecule has 2 N–H and O–H groups in total. The third-order valence-corrected chi connectivity index (χ3v) is 3.87. The standard InChI is InChI=1S/C9H16O2/c1-9(2)5-3-4-6(9)8(11)7(5)10/h5-8,10-11H,3-4H2,1-2H3/t5-,6-,7-,8+/m0/s1. The maximum absolute atomic E-state index is 9.57. The molecular weight excluding hydrogens is 140 g/mol. The normalized spacial score (nSPS) is 53.5. The quantitative estimate of drug-likeness (QED) is 0.544. The van der Waals surface area contributed by atoms with E-state index in [-0.39, 0.29) is 5.41 Å². The summed E-state index contributed by atoms with van der Waals surface area (Å²) >= 11 is 0. The number of hydrogen-bond acceptors (Lipinski definition) is 2. The lowest BCUT2D eigenvalue weighted by molar-refractivity contribution is -0.0160. The average molecular weight is 156 g/mol. The van der Waals surface area contributed by atoms with Crippen molar-refractivity contribution in [3.63, 3.8) is 0 Å². The molecule has 4 atom stereocenters. The van der Waals surface area contributed by atoms with Gasteiger partial charge in [0.05, 0.1) is 12.2 Å². The molecule has 2 fully saturated rings. The predicted octanol–water partition coefficient (Wildman–Crippen LogP) is 0.774. The van der Waals surface area contributed by atoms with Crippen LogP contribution in [0, 0.1) is 17.3 Å². The van der Waals surface area contributed by atoms with Crippen LogP contribution >= 0.6 is 0 Å². The Kier molecular flexibility index (Phi) is 1.37. The summed E-state index contributed by atoms with van der Waals surface area (Å²) in [5.74, 6) is 0.671. The van der Waals surface area contributed by atoms with E-state index in [0.717, 1.165) is 12.8 Å². The fourth-order valence-electron chi connectivity index (χ4n) is 3.08. The Labute approximate surface area is 67.2 Å². The maximum atomic E-state index is 9.57. The number of aliphatic hydroxyl groups excluding tert-OH is 2. The van der Waals surface area contributed by atoms with Crippen molar-refractivity contribution in [2.24, 2.45) is 17.3 Å². The van der Waals surface area contributed by atoms with Gasteiger partial charge in [-0.1, -0.05) is 13.8 Å². The molecule has 0 unspecified atom stereocenters. The van der Waals surface area contributed by atoms with E-state index in [4.69, 9.17) is 0 Å². The van der Waals surface area contributed by atoms with Gasteiger partial charge < -0.3 is 10.2 Å². The third kappa shape index (κ3) is 0.744. The van der Waals surface area contributed by atoms with Gasteiger partial charge in [0.15, 0.2) is 0 Å². The summed E-state index contributed by atoms with van der Waals surface area (Å²) in [4.78, 5) is 0. The third-order valence-electron chi connectivity index (χ3n) is 3.87. The van der Waals surface area contributed by atoms with Crippen LogP contribution < -0.4 is 0 Å². The van der Waals surface area contributed by atoms with Crippen LogP contribution in [0.5, 0.6) is 0 Å². The molecule has 2 saturated carbocycles. The van der Waals surface area contributed by atoms with Crippen molar-refractivity contribution in [3.05, 3.63) is 0 Å². The zero-order chi connectivity index (χ0) is 8.22. The van der Waals surface area contributed by atoms with E-state index >= 15 is 0 Å². The van der Waals surface area contributed by atoms with Crippen molar-refractivity contribution in [3.8, 4) is 0 Å². The monoisotopic (exact) mass is 156 g/mol. The molecule has 0 aromatic rings. The van der Waals surface area contributed by atoms with Crippen LogP contribution in [-0.2, 0) is 0 Å². The van der Waals surface area contributed by atoms with Crippen molar-refractivity contribution < 1.29 is 10.2 Å². The minimum absolute atomic E-state index is 0.166. The van der Waals surface area contributed by atoms with Crippen LogP contribution in [0.4, 0.5) is 0 Å². The summed E-state index contributed by atoms with van der Waals surface area (Å²) in [6.45, 7) is 4.32. The van der Waals surface area contributed by atoms with Gasteiger partial charge >= 0.3 is 0 Å². The van der Waals surface area contributed by atoms with E-state index in [2.05, 4.69) is 13.8 Å². The van der Waals surface area contributed by atoms with Crippen molar-refractivity contribution in [2.75, 3.05) is 0 Å². The summed E-state index contributed by atoms with van der Waals surface area (Å²) < 4.78 is 0. The summed E-state index contributed by atoms with van der Waals surface area (Å²) in [6, 6.07) is 0. The summed E-state index contributed by atoms with van der Waals surface area (Å²) in [7, 11) is 0. The lowest BCUT2D eigenvalue weighted by atomic mass is 9.82. The SMILES string of the molecule is CC1(C)[C@H]2CC[C@H]1[C@@H](O)[C@H]2O. The first kappa shape index (κ1) is 7.56. The van der Waals surface area contributed by atoms with Crippen LogP contribution in [0.25, 0.3) is 0 Å². The van der Waals surface area contributed by atoms with Crippen LogP contribution in [-0.4, -0.2) is 22.4 Å². The van der Waals surface area contributed by atoms with Crippen LogP contribution in [0.2, 0.25) is 0 Å². The fraction of sp³-hybridized carbons (Fsp3) is 1.00. The number of aliphatic hydroxyl groups is 2. The Morgan fingerprint density at radius 1 is 1.00 bits per heavy atom. The van der Waals surface area contributed by atoms with Crippen molar-refractivity contribution in [1.82, 2.24) is 0 Å². The fourth-order valence-corrected chi connectivity index (χ4v) is 3.08. The molecular formula is C9H16O2. The zero-order valence-corrected chi connectivity index (χ0v) is 7.12. The smallest absolute Gasteiger partial charge is 0.0835 e. The summed E-state index contributed by atoms with van der Waals surface area (Å²) in [6.07, 6.45) is 1.28. The highest BCUT2D eigenvalue weighted by atomic mass is 16.3. The zero-order valence-electron chi connectivity index (χ0n) is 7.12. The highest BCUT2D eigenvalue weighted by Crippen LogP contribution is 2.57. The second-order valence-electron chi connectivity index (χ2n) is 4.59. The first-order chi connectivity index (χ1) is 5.05. The molecule has 0 radical (unpaired) electrons. The molecule has 2 rings (SSSR count). The molecule has 0 saturated heterocycles. The minimum Gasteiger partial charge on any atom is -0.390 e. The minimum atomic E-state index is -0.455. The molecule has 0 aromatic carbocycles. The van der Waals surface area contributed by atoms with E-state index in [1.165, 1.54) is 0 Å². The first-order valence-electron chi connectivity index (χ1n) is 4.41. The van der Waals surface area contributed by atoms with Gasteiger partial charge in [-0.05, 0) is 30.1 Å². The Morgan fingerprint density at radius 2 is 1.36 bits per heavy atom. The largest absolute Gasteiger partial charge is 0.390 e. The number of fused-ring (bicyclic) bond motifs is 2. The molecule has 0 amide bonds. The molecule has 11 heavy (non-hydrogen) atoms. The number of rotatable bonds is 0. The summed E-state index contributed by atoms with van der Waals surface area (Å²) in [5.41, 5.74) is 0.166. The van der Waals surface area contributed by atoms with Gasteiger partial charge in [0.2, 0.25) is 0 Å². The first-order valence-corrected chi connectivity index (χ1v) is 4.41. The molecule has 2 aliphatic carbocycles. The van der Waals surface area contributed by atoms with Gasteiger partial charge in [-0.15, -0.1) is 0 Å². The van der Waals surface area contributed by atoms with Crippen LogP contribution in [0.3, 0.4) is 0 Å². The lowest BCUT2D eigenvalue weighted by Crippen LogP contribution is -2.31. The second kappa shape index (κ2) is 1.99. The van der Waals surface area contributed by atoms with Gasteiger partial charge in [0.25, 0.3) is 0 Å². The van der Waals surface area contributed by atoms with Gasteiger partial charge in [0.1, 0.15) is 0 Å². The van der Waals surface area contributed by atoms with E-state index in [1.54, 1.807) is 0 Å². The molecule has 0 aromatic heterocycles. The van der Waals surface area contributed by atoms with E-state index < -0.39 is 12.2 Å². The lowest BCUT2D eigenvalue weighted by Gasteiger charge is -2.23. The average Bonchev–Trinajstić information content (AvgIpc) is 2.27. The predicted molar refractivity (Wildman–Crippen MR) is 42.0 cm³/mol. The van der Waals surface area contributed by atoms with Crippen molar-refractivity contribution >= 4 is 0 Å². The Balaban J connectivity index is 2.31. The van der Waals surface area contributed by atoms with Crippen molar-refractivity contribution in [1.29, 1.82) is 0 Å². The molecule has 2 heteroatoms. The second-order valence-corrected chi connectivity index (χ2v) is 4.59. The van der Waals surface area contributed by atoms with E-state index in [0.29, 0.717) is 11.8 Å². The Hall–Kier alpha value is -0.0800. The van der Waals surface area contributed by atoms with Crippen LogP contribution in [0.1, 0.15) is 26.7 Å². The van der Waals surface area contributed by atoms with E-state index in [1.807, 2.05) is 0 Å². The maximum Gasteiger partial charge on any atom is 0.0835 e. The van der Waals surface area contributed by atoms with Gasteiger partial charge in [-0.2, -0.15) is 0 Å². The molecule has 0 spiro atoms. The highest BCUT2D eigenvalue weighted by molar-refractivity contribution is 5.07. The molecule has 64 valence electrons. The Bertz CT molecular complexity index is 158. The van der Waals surface area contributed by atoms with Crippen molar-refractivity contribution in [2.45, 2.75) is 38.9 Å². The summed E-state index contributed by atoms with van der Waals surface area (Å²) in [5, 5.41) is 19.1. The Morgan fingerprint density at radius 3 is 1.55 bits per heavy atom. The van der Waals surface area contributed by atoms with Gasteiger partial charge in [-0.25, -0.2) is 0 Å².